The molecule has 53 heavy (non-hydrogen) atoms. The van der Waals surface area contributed by atoms with Crippen molar-refractivity contribution < 1.29 is 28.8 Å². The van der Waals surface area contributed by atoms with Crippen LogP contribution in [-0.2, 0) is 28.8 Å². The molecule has 0 aromatic heterocycles. The van der Waals surface area contributed by atoms with E-state index in [1.807, 2.05) is 48.5 Å². The van der Waals surface area contributed by atoms with Crippen LogP contribution in [0.5, 0.6) is 0 Å². The lowest BCUT2D eigenvalue weighted by atomic mass is 9.73. The molecule has 2 aliphatic heterocycles. The van der Waals surface area contributed by atoms with E-state index in [0.29, 0.717) is 31.7 Å². The third kappa shape index (κ3) is 7.85. The highest BCUT2D eigenvalue weighted by Gasteiger charge is 2.85. The van der Waals surface area contributed by atoms with Crippen molar-refractivity contribution in [2.45, 2.75) is 177 Å². The lowest BCUT2D eigenvalue weighted by Gasteiger charge is -2.39. The van der Waals surface area contributed by atoms with Crippen LogP contribution in [0.4, 0.5) is 0 Å². The van der Waals surface area contributed by atoms with Crippen molar-refractivity contribution in [3.63, 3.8) is 0 Å². The molecule has 5 rings (SSSR count). The molecule has 298 valence electrons. The van der Waals surface area contributed by atoms with Gasteiger partial charge in [-0.1, -0.05) is 88.5 Å². The number of nitrogens with zero attached hydrogens (tertiary/aromatic N) is 2. The quantitative estimate of drug-likeness (QED) is 0.168. The molecule has 0 unspecified atom stereocenters. The minimum absolute atomic E-state index is 0.0335. The molecule has 3 aliphatic carbocycles. The molecule has 2 amide bonds. The van der Waals surface area contributed by atoms with Crippen molar-refractivity contribution in [1.82, 2.24) is 15.1 Å². The number of fused-ring (bicyclic) bond motifs is 1. The Hall–Kier alpha value is -2.42. The van der Waals surface area contributed by atoms with Gasteiger partial charge in [-0.15, -0.1) is 0 Å². The standard InChI is InChI=1S/C44H71N3O6/c1-11-16-29(36(51)34(49)23-28-18-19-28)24-33(48)32-26-44(42(9,10)43(44)20-15-21-43)27-47(32)39(53)30(40(3,4)5)25-35(50)37(41(6,7)8)45-38(52)31-17-13-14-22-46(31)12-2/h28-32,37H,11-27H2,1-10H3,(H,45,52)/t29-,30-,31-,32+,37-,44-/m1/s1. The molecule has 2 saturated heterocycles. The Bertz CT molecular complexity index is 1450. The van der Waals surface area contributed by atoms with Crippen LogP contribution in [0.3, 0.4) is 0 Å². The summed E-state index contributed by atoms with van der Waals surface area (Å²) in [6.07, 6.45) is 9.98. The first-order valence-corrected chi connectivity index (χ1v) is 21.1. The second kappa shape index (κ2) is 15.3. The molecule has 5 aliphatic rings. The maximum absolute atomic E-state index is 15.1. The van der Waals surface area contributed by atoms with Gasteiger partial charge in [0.05, 0.1) is 18.1 Å². The average Bonchev–Trinajstić information content (AvgIpc) is 3.89. The Morgan fingerprint density at radius 1 is 0.811 bits per heavy atom. The summed E-state index contributed by atoms with van der Waals surface area (Å²) in [5, 5.41) is 3.14. The van der Waals surface area contributed by atoms with Crippen LogP contribution >= 0.6 is 0 Å². The number of carbonyl (C=O) groups excluding carboxylic acids is 6. The van der Waals surface area contributed by atoms with E-state index >= 15 is 4.79 Å². The number of rotatable bonds is 16. The van der Waals surface area contributed by atoms with Crippen LogP contribution in [0.25, 0.3) is 0 Å². The molecule has 9 nitrogen and oxygen atoms in total. The zero-order valence-corrected chi connectivity index (χ0v) is 34.8. The molecular weight excluding hydrogens is 666 g/mol. The fourth-order valence-electron chi connectivity index (χ4n) is 11.1. The highest BCUT2D eigenvalue weighted by atomic mass is 16.2. The molecule has 1 N–H and O–H groups in total. The molecule has 3 saturated carbocycles. The second-order valence-corrected chi connectivity index (χ2v) is 20.5. The average molecular weight is 738 g/mol. The van der Waals surface area contributed by atoms with E-state index in [2.05, 4.69) is 31.0 Å². The SMILES string of the molecule is CCC[C@H](CC(=O)[C@@H]1C[C@@]2(CN1C(=O)[C@@H](CC(=O)[C@@H](NC(=O)[C@H]1CCCCN1CC)C(C)(C)C)C(C)(C)C)C(C)(C)C21CCC1)C(=O)C(=O)CC1CC1. The lowest BCUT2D eigenvalue weighted by Crippen LogP contribution is -2.57. The zero-order chi connectivity index (χ0) is 39.3. The van der Waals surface area contributed by atoms with E-state index in [1.54, 1.807) is 4.90 Å². The van der Waals surface area contributed by atoms with E-state index in [0.717, 1.165) is 64.5 Å². The Morgan fingerprint density at radius 2 is 1.47 bits per heavy atom. The van der Waals surface area contributed by atoms with Gasteiger partial charge in [0.25, 0.3) is 0 Å². The van der Waals surface area contributed by atoms with E-state index in [1.165, 1.54) is 0 Å². The normalized spacial score (nSPS) is 28.2. The number of amides is 2. The summed E-state index contributed by atoms with van der Waals surface area (Å²) < 4.78 is 0. The number of hydrogen-bond donors (Lipinski definition) is 1. The van der Waals surface area contributed by atoms with Crippen molar-refractivity contribution in [3.05, 3.63) is 0 Å². The molecule has 0 bridgehead atoms. The fraction of sp³-hybridized carbons (Fsp3) is 0.864. The van der Waals surface area contributed by atoms with Crippen molar-refractivity contribution in [2.75, 3.05) is 19.6 Å². The van der Waals surface area contributed by atoms with Gasteiger partial charge >= 0.3 is 0 Å². The molecular formula is C44H71N3O6. The Kier molecular flexibility index (Phi) is 12.0. The first-order valence-electron chi connectivity index (χ1n) is 21.1. The van der Waals surface area contributed by atoms with Gasteiger partial charge in [-0.2, -0.15) is 0 Å². The highest BCUT2D eigenvalue weighted by Crippen LogP contribution is 2.88. The number of likely N-dealkylation sites (tertiary alicyclic amines) is 2. The summed E-state index contributed by atoms with van der Waals surface area (Å²) in [7, 11) is 0. The van der Waals surface area contributed by atoms with Gasteiger partial charge in [0.2, 0.25) is 17.6 Å². The molecule has 0 aromatic carbocycles. The third-order valence-electron chi connectivity index (χ3n) is 14.9. The third-order valence-corrected chi connectivity index (χ3v) is 14.9. The van der Waals surface area contributed by atoms with Crippen LogP contribution in [0.2, 0.25) is 0 Å². The molecule has 6 atom stereocenters. The smallest absolute Gasteiger partial charge is 0.237 e. The Balaban J connectivity index is 1.40. The molecule has 9 heteroatoms. The monoisotopic (exact) mass is 738 g/mol. The summed E-state index contributed by atoms with van der Waals surface area (Å²) in [5.74, 6) is -2.48. The molecule has 0 radical (unpaired) electrons. The minimum atomic E-state index is -0.773. The van der Waals surface area contributed by atoms with Crippen LogP contribution in [0, 0.1) is 44.8 Å². The number of likely N-dealkylation sites (N-methyl/N-ethyl adjacent to an activating group) is 1. The Labute approximate surface area is 319 Å². The summed E-state index contributed by atoms with van der Waals surface area (Å²) in [4.78, 5) is 88.2. The number of nitrogens with one attached hydrogen (secondary N) is 1. The van der Waals surface area contributed by atoms with Gasteiger partial charge in [-0.05, 0) is 92.0 Å². The van der Waals surface area contributed by atoms with Gasteiger partial charge in [-0.3, -0.25) is 33.7 Å². The fourth-order valence-corrected chi connectivity index (χ4v) is 11.1. The molecule has 2 spiro atoms. The topological polar surface area (TPSA) is 121 Å². The number of ketones is 4. The van der Waals surface area contributed by atoms with Gasteiger partial charge in [0, 0.05) is 43.1 Å². The first-order chi connectivity index (χ1) is 24.7. The maximum atomic E-state index is 15.1. The van der Waals surface area contributed by atoms with Gasteiger partial charge in [-0.25, -0.2) is 0 Å². The number of carbonyl (C=O) groups is 6. The van der Waals surface area contributed by atoms with Crippen molar-refractivity contribution in [2.24, 2.45) is 44.8 Å². The summed E-state index contributed by atoms with van der Waals surface area (Å²) in [6, 6.07) is -1.74. The number of Topliss-reactive ketones (excluding diaryl/α,β-unsaturated/α-hetero) is 4. The summed E-state index contributed by atoms with van der Waals surface area (Å²) >= 11 is 0. The van der Waals surface area contributed by atoms with Crippen molar-refractivity contribution >= 4 is 34.9 Å². The van der Waals surface area contributed by atoms with E-state index in [-0.39, 0.29) is 70.7 Å². The van der Waals surface area contributed by atoms with Gasteiger partial charge in [0.1, 0.15) is 0 Å². The summed E-state index contributed by atoms with van der Waals surface area (Å²) in [6.45, 7) is 22.5. The zero-order valence-electron chi connectivity index (χ0n) is 34.8. The number of piperidine rings is 1. The first kappa shape index (κ1) is 41.7. The second-order valence-electron chi connectivity index (χ2n) is 20.5. The highest BCUT2D eigenvalue weighted by molar-refractivity contribution is 6.38. The van der Waals surface area contributed by atoms with Crippen molar-refractivity contribution in [1.29, 1.82) is 0 Å². The predicted molar refractivity (Wildman–Crippen MR) is 207 cm³/mol. The predicted octanol–water partition coefficient (Wildman–Crippen LogP) is 7.12. The lowest BCUT2D eigenvalue weighted by molar-refractivity contribution is -0.147. The van der Waals surface area contributed by atoms with E-state index in [9.17, 15) is 24.0 Å². The molecule has 2 heterocycles. The Morgan fingerprint density at radius 3 is 1.98 bits per heavy atom. The van der Waals surface area contributed by atoms with Crippen LogP contribution in [0.1, 0.15) is 159 Å². The maximum Gasteiger partial charge on any atom is 0.237 e. The van der Waals surface area contributed by atoms with Gasteiger partial charge < -0.3 is 10.2 Å². The van der Waals surface area contributed by atoms with E-state index < -0.39 is 40.5 Å². The number of hydrogen-bond acceptors (Lipinski definition) is 7. The van der Waals surface area contributed by atoms with Crippen LogP contribution < -0.4 is 5.32 Å². The van der Waals surface area contributed by atoms with E-state index in [4.69, 9.17) is 0 Å². The summed E-state index contributed by atoms with van der Waals surface area (Å²) in [5.41, 5.74) is -1.32. The van der Waals surface area contributed by atoms with Gasteiger partial charge in [0.15, 0.2) is 17.3 Å². The largest absolute Gasteiger partial charge is 0.344 e. The molecule has 0 aromatic rings. The van der Waals surface area contributed by atoms with Crippen LogP contribution in [-0.4, -0.2) is 82.5 Å². The van der Waals surface area contributed by atoms with Crippen molar-refractivity contribution in [3.8, 4) is 0 Å². The molecule has 5 fully saturated rings. The van der Waals surface area contributed by atoms with Crippen LogP contribution in [0.15, 0.2) is 0 Å². The minimum Gasteiger partial charge on any atom is -0.344 e.